The van der Waals surface area contributed by atoms with Crippen LogP contribution >= 0.6 is 22.7 Å². The number of hydrogen-bond donors (Lipinski definition) is 0. The normalized spacial score (nSPS) is 12.5. The molecule has 28 heterocycles. The van der Waals surface area contributed by atoms with Gasteiger partial charge in [-0.2, -0.15) is 0 Å². The second-order valence-corrected chi connectivity index (χ2v) is 15.9. The molecule has 0 atom stereocenters. The fourth-order valence-corrected chi connectivity index (χ4v) is 9.06. The van der Waals surface area contributed by atoms with Crippen LogP contribution in [0.25, 0.3) is 53.1 Å². The van der Waals surface area contributed by atoms with Crippen molar-refractivity contribution in [2.24, 2.45) is 0 Å². The molecule has 6 aromatic heterocycles. The van der Waals surface area contributed by atoms with Crippen molar-refractivity contribution in [1.82, 2.24) is 9.97 Å². The first kappa shape index (κ1) is 32.4. The Morgan fingerprint density at radius 3 is 0.815 bits per heavy atom. The van der Waals surface area contributed by atoms with E-state index in [2.05, 4.69) is 189 Å². The van der Waals surface area contributed by atoms with Crippen LogP contribution < -0.4 is 18.3 Å². The van der Waals surface area contributed by atoms with Crippen LogP contribution in [-0.4, -0.2) is 9.97 Å². The number of thiazole rings is 2. The number of rotatable bonds is 0. The predicted octanol–water partition coefficient (Wildman–Crippen LogP) is 8.08. The van der Waals surface area contributed by atoms with Crippen molar-refractivity contribution >= 4 is 32.3 Å². The molecule has 0 spiro atoms. The Morgan fingerprint density at radius 1 is 0.296 bits per heavy atom. The zero-order valence-electron chi connectivity index (χ0n) is 29.5. The van der Waals surface area contributed by atoms with Gasteiger partial charge in [-0.15, -0.1) is 0 Å². The van der Waals surface area contributed by atoms with Gasteiger partial charge in [0.05, 0.1) is 0 Å². The molecule has 9 aromatic rings. The van der Waals surface area contributed by atoms with Gasteiger partial charge < -0.3 is 0 Å². The van der Waals surface area contributed by atoms with Gasteiger partial charge in [-0.05, 0) is 22.3 Å². The molecule has 18 bridgehead atoms. The highest BCUT2D eigenvalue weighted by atomic mass is 32.1. The second kappa shape index (κ2) is 14.0. The van der Waals surface area contributed by atoms with Crippen LogP contribution in [0, 0.1) is 0 Å². The van der Waals surface area contributed by atoms with Gasteiger partial charge in [0.1, 0.15) is 10.0 Å². The van der Waals surface area contributed by atoms with Gasteiger partial charge >= 0.3 is 0 Å². The molecule has 0 unspecified atom stereocenters. The smallest absolute Gasteiger partial charge is 0.173 e. The summed E-state index contributed by atoms with van der Waals surface area (Å²) in [6.07, 6.45) is 17.2. The van der Waals surface area contributed by atoms with E-state index in [0.29, 0.717) is 0 Å². The van der Waals surface area contributed by atoms with E-state index in [9.17, 15) is 0 Å². The second-order valence-electron chi connectivity index (χ2n) is 13.9. The highest BCUT2D eigenvalue weighted by Crippen LogP contribution is 2.36. The Labute approximate surface area is 321 Å². The van der Waals surface area contributed by atoms with Crippen LogP contribution in [0.1, 0.15) is 22.3 Å². The fourth-order valence-electron chi connectivity index (χ4n) is 7.01. The largest absolute Gasteiger partial charge is 0.223 e. The summed E-state index contributed by atoms with van der Waals surface area (Å²) in [5, 5.41) is 2.00. The molecule has 3 aromatic carbocycles. The summed E-state index contributed by atoms with van der Waals surface area (Å²) in [6.45, 7) is 3.28. The van der Waals surface area contributed by atoms with Crippen LogP contribution in [-0.2, 0) is 26.2 Å². The van der Waals surface area contributed by atoms with E-state index in [-0.39, 0.29) is 0 Å². The lowest BCUT2D eigenvalue weighted by molar-refractivity contribution is -0.688. The summed E-state index contributed by atoms with van der Waals surface area (Å²) in [5.74, 6) is 0. The van der Waals surface area contributed by atoms with E-state index < -0.39 is 0 Å². The topological polar surface area (TPSA) is 41.3 Å². The molecule has 0 saturated heterocycles. The van der Waals surface area contributed by atoms with E-state index in [1.807, 2.05) is 0 Å². The molecule has 0 amide bonds. The molecule has 0 aliphatic carbocycles. The van der Waals surface area contributed by atoms with Gasteiger partial charge in [0, 0.05) is 81.9 Å². The molecule has 0 saturated carbocycles. The monoisotopic (exact) mass is 736 g/mol. The molecule has 0 radical (unpaired) electrons. The molecule has 0 N–H and O–H groups in total. The maximum absolute atomic E-state index is 4.97. The van der Waals surface area contributed by atoms with Crippen LogP contribution in [0.3, 0.4) is 0 Å². The molecule has 22 aliphatic rings. The Hall–Kier alpha value is -6.22. The molecular formula is C46H36N6S2+4. The highest BCUT2D eigenvalue weighted by molar-refractivity contribution is 7.29. The number of aromatic nitrogens is 6. The van der Waals surface area contributed by atoms with Gasteiger partial charge in [-0.25, -0.2) is 28.2 Å². The van der Waals surface area contributed by atoms with Crippen molar-refractivity contribution in [3.05, 3.63) is 193 Å². The van der Waals surface area contributed by atoms with Crippen LogP contribution in [0.2, 0.25) is 0 Å². The Bertz CT molecular complexity index is 2480. The molecule has 8 heteroatoms. The summed E-state index contributed by atoms with van der Waals surface area (Å²) >= 11 is 3.31. The van der Waals surface area contributed by atoms with Crippen LogP contribution in [0.15, 0.2) is 171 Å². The lowest BCUT2D eigenvalue weighted by atomic mass is 10.0. The summed E-state index contributed by atoms with van der Waals surface area (Å²) in [7, 11) is 0. The van der Waals surface area contributed by atoms with Crippen molar-refractivity contribution in [1.29, 1.82) is 0 Å². The third-order valence-electron chi connectivity index (χ3n) is 10.1. The van der Waals surface area contributed by atoms with Crippen LogP contribution in [0.5, 0.6) is 0 Å². The maximum atomic E-state index is 4.97. The Balaban J connectivity index is 0.930. The Kier molecular flexibility index (Phi) is 8.39. The predicted molar refractivity (Wildman–Crippen MR) is 214 cm³/mol. The average Bonchev–Trinajstić information content (AvgIpc) is 3.81. The van der Waals surface area contributed by atoms with Crippen molar-refractivity contribution < 1.29 is 18.3 Å². The summed E-state index contributed by atoms with van der Waals surface area (Å²) < 4.78 is 8.90. The number of pyridine rings is 4. The number of hydrogen-bond acceptors (Lipinski definition) is 4. The zero-order chi connectivity index (χ0) is 35.8. The summed E-state index contributed by atoms with van der Waals surface area (Å²) in [6, 6.07) is 44.2. The quantitative estimate of drug-likeness (QED) is 0.148. The van der Waals surface area contributed by atoms with E-state index in [0.717, 1.165) is 57.0 Å². The fraction of sp³-hybridized carbons (Fsp3) is 0.0870. The minimum Gasteiger partial charge on any atom is -0.223 e. The summed E-state index contributed by atoms with van der Waals surface area (Å²) in [5.41, 5.74) is 12.2. The first-order valence-electron chi connectivity index (χ1n) is 18.1. The van der Waals surface area contributed by atoms with E-state index >= 15 is 0 Å². The molecule has 54 heavy (non-hydrogen) atoms. The van der Waals surface area contributed by atoms with Crippen molar-refractivity contribution in [3.8, 4) is 43.4 Å². The van der Waals surface area contributed by atoms with Crippen molar-refractivity contribution in [2.45, 2.75) is 26.2 Å². The molecule has 31 rings (SSSR count). The first-order chi connectivity index (χ1) is 26.6. The minimum atomic E-state index is 0.812. The highest BCUT2D eigenvalue weighted by Gasteiger charge is 2.16. The van der Waals surface area contributed by atoms with Crippen LogP contribution in [0.4, 0.5) is 0 Å². The van der Waals surface area contributed by atoms with Gasteiger partial charge in [0.25, 0.3) is 0 Å². The number of benzene rings is 3. The third kappa shape index (κ3) is 6.85. The molecular weight excluding hydrogens is 701 g/mol. The SMILES string of the molecule is c1cc2ccc1C[n+]1ccc(cc1)-c1ccc(cc1)-c1cc[n+](cc1)Cc1ccc(cc1)C[n+]1ccc(cc1)-c1nc3sc(nc3s1)-c1cc[n+](cc1)C2. The first-order valence-corrected chi connectivity index (χ1v) is 19.8. The maximum Gasteiger partial charge on any atom is 0.173 e. The average molecular weight is 737 g/mol. The number of nitrogens with zero attached hydrogens (tertiary/aromatic N) is 6. The molecule has 6 nitrogen and oxygen atoms in total. The molecule has 0 fully saturated rings. The zero-order valence-corrected chi connectivity index (χ0v) is 31.1. The van der Waals surface area contributed by atoms with Crippen molar-refractivity contribution in [3.63, 3.8) is 0 Å². The lowest BCUT2D eigenvalue weighted by Crippen LogP contribution is -2.33. The van der Waals surface area contributed by atoms with Gasteiger partial charge in [-0.1, -0.05) is 95.5 Å². The van der Waals surface area contributed by atoms with Crippen molar-refractivity contribution in [2.75, 3.05) is 0 Å². The molecule has 22 aliphatic heterocycles. The van der Waals surface area contributed by atoms with E-state index in [1.165, 1.54) is 44.5 Å². The van der Waals surface area contributed by atoms with E-state index in [1.54, 1.807) is 22.7 Å². The standard InChI is InChI=1S/C46H36N6S2/c1-5-35-6-2-33(1)29-49-21-13-39(14-22-49)37-9-11-38(12-10-37)40-15-23-50(24-16-40)30-34-3-7-36(8-4-34)32-52-27-19-42(20-28-52)44-48-46-45(54-44)47-43(53-46)41-17-25-51(31-35)26-18-41/h1-28H,29-32H2/q+4. The third-order valence-corrected chi connectivity index (χ3v) is 12.2. The van der Waals surface area contributed by atoms with Gasteiger partial charge in [-0.3, -0.25) is 0 Å². The van der Waals surface area contributed by atoms with E-state index in [4.69, 9.17) is 9.97 Å². The lowest BCUT2D eigenvalue weighted by Gasteiger charge is -2.06. The molecule has 258 valence electrons. The summed E-state index contributed by atoms with van der Waals surface area (Å²) in [4.78, 5) is 11.9. The minimum absolute atomic E-state index is 0.812. The Morgan fingerprint density at radius 2 is 0.537 bits per heavy atom. The van der Waals surface area contributed by atoms with Gasteiger partial charge in [0.2, 0.25) is 0 Å². The van der Waals surface area contributed by atoms with Gasteiger partial charge in [0.15, 0.2) is 85.4 Å².